The third kappa shape index (κ3) is 3.56. The summed E-state index contributed by atoms with van der Waals surface area (Å²) in [7, 11) is 0. The van der Waals surface area contributed by atoms with Crippen LogP contribution in [-0.2, 0) is 16.0 Å². The molecule has 0 radical (unpaired) electrons. The second kappa shape index (κ2) is 7.31. The number of amides is 2. The summed E-state index contributed by atoms with van der Waals surface area (Å²) in [6, 6.07) is 13.1. The van der Waals surface area contributed by atoms with Gasteiger partial charge in [-0.3, -0.25) is 15.0 Å². The lowest BCUT2D eigenvalue weighted by Crippen LogP contribution is -2.29. The van der Waals surface area contributed by atoms with Crippen LogP contribution >= 0.6 is 11.6 Å². The van der Waals surface area contributed by atoms with Crippen molar-refractivity contribution >= 4 is 34.8 Å². The average molecular weight is 385 g/mol. The molecule has 1 fully saturated rings. The second-order valence-corrected chi connectivity index (χ2v) is 7.35. The monoisotopic (exact) mass is 384 g/mol. The molecule has 2 aromatic rings. The highest BCUT2D eigenvalue weighted by molar-refractivity contribution is 6.30. The molecular weight excluding hydrogens is 364 g/mol. The Morgan fingerprint density at radius 2 is 1.96 bits per heavy atom. The Kier molecular flexibility index (Phi) is 4.86. The van der Waals surface area contributed by atoms with E-state index in [4.69, 9.17) is 11.6 Å². The van der Waals surface area contributed by atoms with Crippen molar-refractivity contribution in [2.45, 2.75) is 19.4 Å². The summed E-state index contributed by atoms with van der Waals surface area (Å²) >= 11 is 5.96. The van der Waals surface area contributed by atoms with Crippen LogP contribution in [0.3, 0.4) is 0 Å². The molecule has 0 aliphatic carbocycles. The Morgan fingerprint density at radius 1 is 1.19 bits per heavy atom. The molecule has 0 aromatic heterocycles. The topological polar surface area (TPSA) is 73.5 Å². The van der Waals surface area contributed by atoms with Crippen LogP contribution in [0.5, 0.6) is 0 Å². The first-order chi connectivity index (χ1) is 13.0. The van der Waals surface area contributed by atoms with Crippen LogP contribution in [0.25, 0.3) is 0 Å². The minimum absolute atomic E-state index is 0.0412. The van der Waals surface area contributed by atoms with Crippen molar-refractivity contribution in [2.75, 3.05) is 23.3 Å². The summed E-state index contributed by atoms with van der Waals surface area (Å²) in [5.74, 6) is -0.249. The number of carbonyl (C=O) groups is 2. The summed E-state index contributed by atoms with van der Waals surface area (Å²) in [6.45, 7) is 2.81. The van der Waals surface area contributed by atoms with Gasteiger partial charge in [-0.15, -0.1) is 0 Å². The van der Waals surface area contributed by atoms with Crippen molar-refractivity contribution in [1.82, 2.24) is 10.9 Å². The van der Waals surface area contributed by atoms with Gasteiger partial charge in [0, 0.05) is 36.4 Å². The van der Waals surface area contributed by atoms with Crippen molar-refractivity contribution in [3.05, 3.63) is 58.6 Å². The van der Waals surface area contributed by atoms with Crippen LogP contribution in [0.2, 0.25) is 5.02 Å². The Balaban J connectivity index is 1.49. The van der Waals surface area contributed by atoms with Gasteiger partial charge in [0.2, 0.25) is 11.8 Å². The first-order valence-electron chi connectivity index (χ1n) is 8.98. The number of benzene rings is 2. The molecule has 2 heterocycles. The van der Waals surface area contributed by atoms with Crippen molar-refractivity contribution in [2.24, 2.45) is 5.92 Å². The van der Waals surface area contributed by atoms with Crippen LogP contribution < -0.4 is 21.1 Å². The van der Waals surface area contributed by atoms with Crippen LogP contribution in [0.4, 0.5) is 11.4 Å². The van der Waals surface area contributed by atoms with E-state index in [2.05, 4.69) is 16.2 Å². The molecule has 140 valence electrons. The molecule has 2 amide bonds. The minimum Gasteiger partial charge on any atom is -0.326 e. The maximum atomic E-state index is 12.9. The Bertz CT molecular complexity index is 884. The van der Waals surface area contributed by atoms with E-state index >= 15 is 0 Å². The largest absolute Gasteiger partial charge is 0.326 e. The van der Waals surface area contributed by atoms with Gasteiger partial charge in [-0.2, -0.15) is 0 Å². The van der Waals surface area contributed by atoms with Crippen LogP contribution in [0.15, 0.2) is 42.5 Å². The Hall–Kier alpha value is -2.41. The molecule has 0 saturated carbocycles. The number of hydrogen-bond donors (Lipinski definition) is 3. The highest BCUT2D eigenvalue weighted by atomic mass is 35.5. The number of nitrogens with one attached hydrogen (secondary N) is 3. The minimum atomic E-state index is -0.242. The predicted molar refractivity (Wildman–Crippen MR) is 106 cm³/mol. The smallest absolute Gasteiger partial charge is 0.230 e. The van der Waals surface area contributed by atoms with E-state index in [-0.39, 0.29) is 23.8 Å². The molecule has 0 spiro atoms. The molecule has 2 aliphatic heterocycles. The van der Waals surface area contributed by atoms with Gasteiger partial charge in [0.05, 0.1) is 12.0 Å². The molecule has 0 bridgehead atoms. The van der Waals surface area contributed by atoms with Crippen LogP contribution in [0, 0.1) is 5.92 Å². The predicted octanol–water partition coefficient (Wildman–Crippen LogP) is 2.65. The zero-order valence-corrected chi connectivity index (χ0v) is 15.7. The number of fused-ring (bicyclic) bond motifs is 1. The quantitative estimate of drug-likeness (QED) is 0.760. The molecule has 2 aromatic carbocycles. The zero-order chi connectivity index (χ0) is 19.0. The number of nitrogens with zero attached hydrogens (tertiary/aromatic N) is 1. The Morgan fingerprint density at radius 3 is 2.70 bits per heavy atom. The normalized spacial score (nSPS) is 21.2. The lowest BCUT2D eigenvalue weighted by atomic mass is 9.94. The van der Waals surface area contributed by atoms with Gasteiger partial charge in [-0.25, -0.2) is 5.43 Å². The number of carbonyl (C=O) groups excluding carboxylic acids is 2. The first-order valence-corrected chi connectivity index (χ1v) is 9.36. The van der Waals surface area contributed by atoms with Crippen molar-refractivity contribution in [3.8, 4) is 0 Å². The third-order valence-corrected chi connectivity index (χ3v) is 5.42. The van der Waals surface area contributed by atoms with Crippen LogP contribution in [0.1, 0.15) is 24.1 Å². The van der Waals surface area contributed by atoms with Crippen molar-refractivity contribution in [1.29, 1.82) is 0 Å². The SMILES string of the molecule is CC(=O)N1CCc2cc(NC(=O)C3CNNC3c3ccc(Cl)cc3)ccc21. The summed E-state index contributed by atoms with van der Waals surface area (Å²) in [5.41, 5.74) is 10.0. The average Bonchev–Trinajstić information content (AvgIpc) is 3.29. The molecule has 2 atom stereocenters. The highest BCUT2D eigenvalue weighted by Crippen LogP contribution is 2.32. The number of halogens is 1. The van der Waals surface area contributed by atoms with E-state index in [1.807, 2.05) is 42.5 Å². The molecule has 3 N–H and O–H groups in total. The second-order valence-electron chi connectivity index (χ2n) is 6.91. The van der Waals surface area contributed by atoms with Gasteiger partial charge < -0.3 is 10.2 Å². The van der Waals surface area contributed by atoms with Gasteiger partial charge >= 0.3 is 0 Å². The fourth-order valence-electron chi connectivity index (χ4n) is 3.77. The summed E-state index contributed by atoms with van der Waals surface area (Å²) in [4.78, 5) is 26.3. The van der Waals surface area contributed by atoms with Crippen molar-refractivity contribution in [3.63, 3.8) is 0 Å². The van der Waals surface area contributed by atoms with Gasteiger partial charge in [0.15, 0.2) is 0 Å². The summed E-state index contributed by atoms with van der Waals surface area (Å²) in [5, 5.41) is 3.69. The van der Waals surface area contributed by atoms with Gasteiger partial charge in [-0.1, -0.05) is 23.7 Å². The molecule has 4 rings (SSSR count). The van der Waals surface area contributed by atoms with Gasteiger partial charge in [-0.05, 0) is 47.9 Å². The number of hydrogen-bond acceptors (Lipinski definition) is 4. The molecule has 6 nitrogen and oxygen atoms in total. The number of hydrazine groups is 1. The Labute approximate surface area is 162 Å². The highest BCUT2D eigenvalue weighted by Gasteiger charge is 2.34. The summed E-state index contributed by atoms with van der Waals surface area (Å²) in [6.07, 6.45) is 0.804. The lowest BCUT2D eigenvalue weighted by Gasteiger charge is -2.19. The molecule has 27 heavy (non-hydrogen) atoms. The van der Waals surface area contributed by atoms with E-state index in [0.29, 0.717) is 18.1 Å². The zero-order valence-electron chi connectivity index (χ0n) is 15.0. The fourth-order valence-corrected chi connectivity index (χ4v) is 3.89. The van der Waals surface area contributed by atoms with E-state index in [9.17, 15) is 9.59 Å². The van der Waals surface area contributed by atoms with Gasteiger partial charge in [0.1, 0.15) is 0 Å². The van der Waals surface area contributed by atoms with Gasteiger partial charge in [0.25, 0.3) is 0 Å². The standard InChI is InChI=1S/C20H21ClN4O2/c1-12(26)25-9-8-14-10-16(6-7-18(14)25)23-20(27)17-11-22-24-19(17)13-2-4-15(21)5-3-13/h2-7,10,17,19,22,24H,8-9,11H2,1H3,(H,23,27). The lowest BCUT2D eigenvalue weighted by molar-refractivity contribution is -0.120. The molecule has 7 heteroatoms. The number of rotatable bonds is 3. The van der Waals surface area contributed by atoms with E-state index in [0.717, 1.165) is 28.9 Å². The van der Waals surface area contributed by atoms with Crippen molar-refractivity contribution < 1.29 is 9.59 Å². The maximum absolute atomic E-state index is 12.9. The first kappa shape index (κ1) is 18.0. The van der Waals surface area contributed by atoms with E-state index in [1.54, 1.807) is 11.8 Å². The summed E-state index contributed by atoms with van der Waals surface area (Å²) < 4.78 is 0. The molecular formula is C20H21ClN4O2. The molecule has 2 aliphatic rings. The molecule has 1 saturated heterocycles. The van der Waals surface area contributed by atoms with E-state index < -0.39 is 0 Å². The third-order valence-electron chi connectivity index (χ3n) is 5.17. The maximum Gasteiger partial charge on any atom is 0.230 e. The fraction of sp³-hybridized carbons (Fsp3) is 0.300. The van der Waals surface area contributed by atoms with Crippen LogP contribution in [-0.4, -0.2) is 24.9 Å². The molecule has 2 unspecified atom stereocenters. The number of anilines is 2. The van der Waals surface area contributed by atoms with E-state index in [1.165, 1.54) is 0 Å².